The van der Waals surface area contributed by atoms with E-state index in [0.29, 0.717) is 23.3 Å². The first-order valence-corrected chi connectivity index (χ1v) is 11.2. The Bertz CT molecular complexity index is 836. The molecule has 0 spiro atoms. The van der Waals surface area contributed by atoms with Crippen molar-refractivity contribution in [3.8, 4) is 0 Å². The quantitative estimate of drug-likeness (QED) is 0.455. The number of aryl methyl sites for hydroxylation is 1. The molecule has 0 amide bonds. The summed E-state index contributed by atoms with van der Waals surface area (Å²) in [6, 6.07) is 8.30. The standard InChI is InChI=1S/C23H33ClN6O/c1-17(25-12-13-30(2)3)6-7-18-8-10-19(11-9-18)28-23-27-16-21(24)22(29-23)26-15-20-5-4-14-31-20/h8-11,16,20,25H,1,4-7,12-15H2,2-3H3,(H2,26,27,28,29). The maximum Gasteiger partial charge on any atom is 0.229 e. The van der Waals surface area contributed by atoms with E-state index < -0.39 is 0 Å². The summed E-state index contributed by atoms with van der Waals surface area (Å²) in [4.78, 5) is 10.9. The minimum absolute atomic E-state index is 0.217. The van der Waals surface area contributed by atoms with Crippen LogP contribution in [0.15, 0.2) is 42.7 Å². The van der Waals surface area contributed by atoms with Gasteiger partial charge in [0.2, 0.25) is 5.95 Å². The van der Waals surface area contributed by atoms with Crippen LogP contribution in [0.4, 0.5) is 17.5 Å². The Morgan fingerprint density at radius 2 is 2.10 bits per heavy atom. The Hall–Kier alpha value is -2.35. The van der Waals surface area contributed by atoms with Crippen LogP contribution in [0.2, 0.25) is 5.02 Å². The summed E-state index contributed by atoms with van der Waals surface area (Å²) in [6.07, 6.45) is 5.86. The monoisotopic (exact) mass is 444 g/mol. The molecule has 3 rings (SSSR count). The zero-order valence-corrected chi connectivity index (χ0v) is 19.2. The van der Waals surface area contributed by atoms with E-state index in [4.69, 9.17) is 16.3 Å². The first kappa shape index (κ1) is 23.3. The zero-order valence-electron chi connectivity index (χ0n) is 18.5. The number of ether oxygens (including phenoxy) is 1. The fraction of sp³-hybridized carbons (Fsp3) is 0.478. The van der Waals surface area contributed by atoms with Gasteiger partial charge in [-0.2, -0.15) is 4.98 Å². The van der Waals surface area contributed by atoms with Gasteiger partial charge in [0, 0.05) is 37.6 Å². The number of hydrogen-bond donors (Lipinski definition) is 3. The number of rotatable bonds is 12. The average molecular weight is 445 g/mol. The van der Waals surface area contributed by atoms with Crippen LogP contribution in [0.3, 0.4) is 0 Å². The number of benzene rings is 1. The molecule has 1 saturated heterocycles. The highest BCUT2D eigenvalue weighted by Gasteiger charge is 2.16. The zero-order chi connectivity index (χ0) is 22.1. The van der Waals surface area contributed by atoms with Gasteiger partial charge >= 0.3 is 0 Å². The van der Waals surface area contributed by atoms with E-state index in [9.17, 15) is 0 Å². The highest BCUT2D eigenvalue weighted by molar-refractivity contribution is 6.32. The van der Waals surface area contributed by atoms with Gasteiger partial charge in [-0.1, -0.05) is 30.3 Å². The van der Waals surface area contributed by atoms with Crippen molar-refractivity contribution in [3.05, 3.63) is 53.3 Å². The maximum absolute atomic E-state index is 6.24. The summed E-state index contributed by atoms with van der Waals surface area (Å²) in [6.45, 7) is 7.55. The molecule has 1 atom stereocenters. The minimum Gasteiger partial charge on any atom is -0.388 e. The van der Waals surface area contributed by atoms with Gasteiger partial charge in [-0.3, -0.25) is 0 Å². The molecule has 168 valence electrons. The molecule has 31 heavy (non-hydrogen) atoms. The Morgan fingerprint density at radius 1 is 1.29 bits per heavy atom. The number of aromatic nitrogens is 2. The fourth-order valence-electron chi connectivity index (χ4n) is 3.29. The second kappa shape index (κ2) is 11.9. The lowest BCUT2D eigenvalue weighted by atomic mass is 10.1. The molecule has 2 heterocycles. The highest BCUT2D eigenvalue weighted by atomic mass is 35.5. The van der Waals surface area contributed by atoms with Crippen molar-refractivity contribution in [2.45, 2.75) is 31.8 Å². The van der Waals surface area contributed by atoms with E-state index in [1.807, 2.05) is 12.1 Å². The van der Waals surface area contributed by atoms with Gasteiger partial charge in [0.15, 0.2) is 5.82 Å². The molecule has 0 bridgehead atoms. The Labute approximate surface area is 190 Å². The van der Waals surface area contributed by atoms with Crippen molar-refractivity contribution >= 4 is 29.1 Å². The molecule has 1 fully saturated rings. The number of allylic oxidation sites excluding steroid dienone is 1. The van der Waals surface area contributed by atoms with Crippen molar-refractivity contribution in [1.82, 2.24) is 20.2 Å². The Kier molecular flexibility index (Phi) is 8.94. The summed E-state index contributed by atoms with van der Waals surface area (Å²) in [5.74, 6) is 1.12. The van der Waals surface area contributed by atoms with E-state index in [1.54, 1.807) is 6.20 Å². The van der Waals surface area contributed by atoms with Crippen LogP contribution in [-0.4, -0.2) is 61.3 Å². The molecule has 7 nitrogen and oxygen atoms in total. The third-order valence-corrected chi connectivity index (χ3v) is 5.40. The predicted octanol–water partition coefficient (Wildman–Crippen LogP) is 4.06. The second-order valence-corrected chi connectivity index (χ2v) is 8.47. The molecule has 0 radical (unpaired) electrons. The molecule has 1 aliphatic rings. The summed E-state index contributed by atoms with van der Waals surface area (Å²) in [5, 5.41) is 10.4. The second-order valence-electron chi connectivity index (χ2n) is 8.06. The molecule has 8 heteroatoms. The summed E-state index contributed by atoms with van der Waals surface area (Å²) in [7, 11) is 4.13. The SMILES string of the molecule is C=C(CCc1ccc(Nc2ncc(Cl)c(NCC3CCCO3)n2)cc1)NCCN(C)C. The van der Waals surface area contributed by atoms with Crippen LogP contribution in [0, 0.1) is 0 Å². The lowest BCUT2D eigenvalue weighted by molar-refractivity contribution is 0.120. The number of halogens is 1. The van der Waals surface area contributed by atoms with Gasteiger partial charge in [0.05, 0.1) is 12.3 Å². The molecular weight excluding hydrogens is 412 g/mol. The number of nitrogens with zero attached hydrogens (tertiary/aromatic N) is 3. The molecular formula is C23H33ClN6O. The molecule has 1 aliphatic heterocycles. The van der Waals surface area contributed by atoms with Crippen LogP contribution in [0.25, 0.3) is 0 Å². The summed E-state index contributed by atoms with van der Waals surface area (Å²) < 4.78 is 5.64. The molecule has 0 aliphatic carbocycles. The van der Waals surface area contributed by atoms with E-state index >= 15 is 0 Å². The van der Waals surface area contributed by atoms with Crippen LogP contribution in [-0.2, 0) is 11.2 Å². The lowest BCUT2D eigenvalue weighted by Crippen LogP contribution is -2.25. The van der Waals surface area contributed by atoms with Crippen molar-refractivity contribution in [2.24, 2.45) is 0 Å². The van der Waals surface area contributed by atoms with Gasteiger partial charge in [-0.15, -0.1) is 0 Å². The molecule has 1 aromatic carbocycles. The van der Waals surface area contributed by atoms with E-state index in [-0.39, 0.29) is 6.10 Å². The van der Waals surface area contributed by atoms with Gasteiger partial charge in [0.1, 0.15) is 5.02 Å². The predicted molar refractivity (Wildman–Crippen MR) is 128 cm³/mol. The average Bonchev–Trinajstić information content (AvgIpc) is 3.27. The van der Waals surface area contributed by atoms with Crippen LogP contribution in [0.5, 0.6) is 0 Å². The molecule has 2 aromatic rings. The maximum atomic E-state index is 6.24. The van der Waals surface area contributed by atoms with Gasteiger partial charge in [0.25, 0.3) is 0 Å². The normalized spacial score (nSPS) is 15.8. The van der Waals surface area contributed by atoms with E-state index in [2.05, 4.69) is 63.6 Å². The molecule has 1 unspecified atom stereocenters. The number of anilines is 3. The van der Waals surface area contributed by atoms with Crippen molar-refractivity contribution in [2.75, 3.05) is 51.0 Å². The summed E-state index contributed by atoms with van der Waals surface area (Å²) >= 11 is 6.24. The van der Waals surface area contributed by atoms with E-state index in [1.165, 1.54) is 5.56 Å². The van der Waals surface area contributed by atoms with E-state index in [0.717, 1.165) is 56.8 Å². The highest BCUT2D eigenvalue weighted by Crippen LogP contribution is 2.23. The number of hydrogen-bond acceptors (Lipinski definition) is 7. The van der Waals surface area contributed by atoms with Gasteiger partial charge in [-0.05, 0) is 57.5 Å². The smallest absolute Gasteiger partial charge is 0.229 e. The van der Waals surface area contributed by atoms with Crippen LogP contribution >= 0.6 is 11.6 Å². The van der Waals surface area contributed by atoms with Gasteiger partial charge < -0.3 is 25.6 Å². The van der Waals surface area contributed by atoms with Crippen LogP contribution < -0.4 is 16.0 Å². The molecule has 3 N–H and O–H groups in total. The van der Waals surface area contributed by atoms with Crippen molar-refractivity contribution in [3.63, 3.8) is 0 Å². The number of likely N-dealkylation sites (N-methyl/N-ethyl adjacent to an activating group) is 1. The third kappa shape index (κ3) is 8.01. The topological polar surface area (TPSA) is 74.3 Å². The van der Waals surface area contributed by atoms with Crippen molar-refractivity contribution < 1.29 is 4.74 Å². The van der Waals surface area contributed by atoms with Crippen LogP contribution in [0.1, 0.15) is 24.8 Å². The Balaban J connectivity index is 1.47. The number of nitrogens with one attached hydrogen (secondary N) is 3. The Morgan fingerprint density at radius 3 is 2.81 bits per heavy atom. The first-order valence-electron chi connectivity index (χ1n) is 10.8. The molecule has 0 saturated carbocycles. The first-order chi connectivity index (χ1) is 15.0. The largest absolute Gasteiger partial charge is 0.388 e. The lowest BCUT2D eigenvalue weighted by Gasteiger charge is -2.14. The summed E-state index contributed by atoms with van der Waals surface area (Å²) in [5.41, 5.74) is 3.26. The van der Waals surface area contributed by atoms with Crippen molar-refractivity contribution in [1.29, 1.82) is 0 Å². The minimum atomic E-state index is 0.217. The molecule has 1 aromatic heterocycles. The van der Waals surface area contributed by atoms with Gasteiger partial charge in [-0.25, -0.2) is 4.98 Å². The third-order valence-electron chi connectivity index (χ3n) is 5.12. The fourth-order valence-corrected chi connectivity index (χ4v) is 3.45.